The first-order valence-electron chi connectivity index (χ1n) is 10.7. The number of aromatic nitrogens is 3. The fourth-order valence-electron chi connectivity index (χ4n) is 4.58. The molecule has 0 unspecified atom stereocenters. The van der Waals surface area contributed by atoms with Crippen LogP contribution in [0.15, 0.2) is 34.4 Å². The average Bonchev–Trinajstić information content (AvgIpc) is 3.41. The van der Waals surface area contributed by atoms with Gasteiger partial charge >= 0.3 is 5.97 Å². The van der Waals surface area contributed by atoms with E-state index in [2.05, 4.69) is 4.90 Å². The van der Waals surface area contributed by atoms with Crippen molar-refractivity contribution < 1.29 is 9.53 Å². The van der Waals surface area contributed by atoms with Gasteiger partial charge in [-0.15, -0.1) is 23.7 Å². The minimum atomic E-state index is -0.470. The summed E-state index contributed by atoms with van der Waals surface area (Å²) < 4.78 is 8.38. The molecule has 1 aromatic carbocycles. The zero-order valence-electron chi connectivity index (χ0n) is 18.8. The highest BCUT2D eigenvalue weighted by Crippen LogP contribution is 2.34. The van der Waals surface area contributed by atoms with E-state index in [0.29, 0.717) is 45.5 Å². The van der Waals surface area contributed by atoms with Gasteiger partial charge in [-0.1, -0.05) is 29.8 Å². The summed E-state index contributed by atoms with van der Waals surface area (Å²) in [5.74, 6) is 0.220. The summed E-state index contributed by atoms with van der Waals surface area (Å²) in [5.41, 5.74) is 8.51. The summed E-state index contributed by atoms with van der Waals surface area (Å²) in [5, 5.41) is 3.24. The Morgan fingerprint density at radius 2 is 2.09 bits per heavy atom. The van der Waals surface area contributed by atoms with Gasteiger partial charge in [0.15, 0.2) is 0 Å². The number of imidazole rings is 1. The van der Waals surface area contributed by atoms with Crippen LogP contribution in [0, 0.1) is 0 Å². The number of hydrogen-bond acceptors (Lipinski definition) is 7. The molecular weight excluding hydrogens is 497 g/mol. The number of halogens is 2. The number of hydrogen-bond donors (Lipinski definition) is 1. The molecule has 1 fully saturated rings. The van der Waals surface area contributed by atoms with Gasteiger partial charge in [0, 0.05) is 42.0 Å². The second-order valence-corrected chi connectivity index (χ2v) is 9.60. The van der Waals surface area contributed by atoms with E-state index in [4.69, 9.17) is 27.1 Å². The molecule has 0 spiro atoms. The van der Waals surface area contributed by atoms with E-state index in [1.807, 2.05) is 34.2 Å². The van der Waals surface area contributed by atoms with Crippen molar-refractivity contribution in [3.8, 4) is 0 Å². The van der Waals surface area contributed by atoms with Crippen molar-refractivity contribution in [3.63, 3.8) is 0 Å². The van der Waals surface area contributed by atoms with Gasteiger partial charge < -0.3 is 24.5 Å². The maximum atomic E-state index is 13.6. The second-order valence-electron chi connectivity index (χ2n) is 8.32. The van der Waals surface area contributed by atoms with E-state index in [-0.39, 0.29) is 24.0 Å². The summed E-state index contributed by atoms with van der Waals surface area (Å²) in [7, 11) is 3.01. The molecule has 11 heteroatoms. The third-order valence-electron chi connectivity index (χ3n) is 6.21. The first-order chi connectivity index (χ1) is 15.9. The Hall–Kier alpha value is -2.59. The van der Waals surface area contributed by atoms with Crippen molar-refractivity contribution in [2.75, 3.05) is 25.1 Å². The van der Waals surface area contributed by atoms with Gasteiger partial charge in [0.25, 0.3) is 5.56 Å². The van der Waals surface area contributed by atoms with Crippen LogP contribution in [-0.2, 0) is 18.3 Å². The normalized spacial score (nSPS) is 16.1. The van der Waals surface area contributed by atoms with Crippen LogP contribution in [0.1, 0.15) is 28.1 Å². The number of anilines is 1. The van der Waals surface area contributed by atoms with Crippen molar-refractivity contribution in [1.29, 1.82) is 0 Å². The van der Waals surface area contributed by atoms with Gasteiger partial charge in [-0.05, 0) is 24.5 Å². The number of benzene rings is 1. The number of rotatable bonds is 4. The molecular formula is C23H25Cl2N5O3S. The van der Waals surface area contributed by atoms with Gasteiger partial charge in [0.1, 0.15) is 15.9 Å². The number of nitrogens with two attached hydrogens (primary N) is 1. The lowest BCUT2D eigenvalue weighted by molar-refractivity contribution is 0.0608. The maximum Gasteiger partial charge on any atom is 0.350 e. The van der Waals surface area contributed by atoms with Gasteiger partial charge in [-0.2, -0.15) is 0 Å². The van der Waals surface area contributed by atoms with E-state index in [1.54, 1.807) is 7.05 Å². The minimum absolute atomic E-state index is 0. The number of nitrogens with zero attached hydrogens (tertiary/aromatic N) is 4. The third-order valence-corrected chi connectivity index (χ3v) is 7.53. The SMILES string of the molecule is COC(=O)c1scc2c3nc(N4CCC[C@@H](N)C4)n(Cc4ccccc4Cl)c3c(=O)n(C)c12.Cl. The summed E-state index contributed by atoms with van der Waals surface area (Å²) in [6, 6.07) is 7.63. The lowest BCUT2D eigenvalue weighted by atomic mass is 10.1. The second kappa shape index (κ2) is 9.58. The number of thiophene rings is 1. The molecule has 0 radical (unpaired) electrons. The number of fused-ring (bicyclic) bond motifs is 3. The topological polar surface area (TPSA) is 95.4 Å². The number of ether oxygens (including phenoxy) is 1. The van der Waals surface area contributed by atoms with E-state index in [1.165, 1.54) is 23.0 Å². The first kappa shape index (κ1) is 24.5. The molecule has 1 aliphatic heterocycles. The number of piperidine rings is 1. The summed E-state index contributed by atoms with van der Waals surface area (Å²) >= 11 is 7.73. The van der Waals surface area contributed by atoms with Crippen molar-refractivity contribution in [2.24, 2.45) is 12.8 Å². The van der Waals surface area contributed by atoms with Gasteiger partial charge in [0.2, 0.25) is 5.95 Å². The highest BCUT2D eigenvalue weighted by Gasteiger charge is 2.28. The molecule has 0 saturated carbocycles. The van der Waals surface area contributed by atoms with Crippen molar-refractivity contribution in [3.05, 3.63) is 55.5 Å². The number of esters is 1. The van der Waals surface area contributed by atoms with Crippen LogP contribution in [0.4, 0.5) is 5.95 Å². The molecule has 0 aliphatic carbocycles. The summed E-state index contributed by atoms with van der Waals surface area (Å²) in [6.07, 6.45) is 1.91. The molecule has 34 heavy (non-hydrogen) atoms. The molecule has 1 aliphatic rings. The molecule has 5 rings (SSSR count). The fourth-order valence-corrected chi connectivity index (χ4v) is 5.77. The molecule has 0 bridgehead atoms. The van der Waals surface area contributed by atoms with Crippen molar-refractivity contribution in [2.45, 2.75) is 25.4 Å². The van der Waals surface area contributed by atoms with Crippen LogP contribution in [0.2, 0.25) is 5.02 Å². The Bertz CT molecular complexity index is 1440. The monoisotopic (exact) mass is 521 g/mol. The Morgan fingerprint density at radius 3 is 2.79 bits per heavy atom. The van der Waals surface area contributed by atoms with E-state index in [0.717, 1.165) is 30.3 Å². The highest BCUT2D eigenvalue weighted by atomic mass is 35.5. The van der Waals surface area contributed by atoms with Crippen LogP contribution in [0.3, 0.4) is 0 Å². The Labute approximate surface area is 211 Å². The quantitative estimate of drug-likeness (QED) is 0.410. The van der Waals surface area contributed by atoms with E-state index >= 15 is 0 Å². The number of pyridine rings is 1. The molecule has 8 nitrogen and oxygen atoms in total. The predicted octanol–water partition coefficient (Wildman–Crippen LogP) is 3.79. The number of methoxy groups -OCH3 is 1. The fraction of sp³-hybridized carbons (Fsp3) is 0.348. The van der Waals surface area contributed by atoms with Gasteiger partial charge in [-0.3, -0.25) is 4.79 Å². The minimum Gasteiger partial charge on any atom is -0.465 e. The molecule has 180 valence electrons. The van der Waals surface area contributed by atoms with Crippen molar-refractivity contribution in [1.82, 2.24) is 14.1 Å². The number of aryl methyl sites for hydroxylation is 1. The standard InChI is InChI=1S/C23H24ClN5O3S.ClH/c1-27-18-15(12-33-20(18)22(31)32-2)17-19(21(27)30)29(10-13-6-3-4-8-16(13)24)23(26-17)28-9-5-7-14(25)11-28;/h3-4,6,8,12,14H,5,7,9-11,25H2,1-2H3;1H/t14-;/m1./s1. The number of carbonyl (C=O) groups excluding carboxylic acids is 1. The van der Waals surface area contributed by atoms with Crippen LogP contribution >= 0.6 is 35.3 Å². The van der Waals surface area contributed by atoms with Crippen molar-refractivity contribution >= 4 is 69.2 Å². The van der Waals surface area contributed by atoms with E-state index in [9.17, 15) is 9.59 Å². The first-order valence-corrected chi connectivity index (χ1v) is 12.0. The molecule has 1 saturated heterocycles. The average molecular weight is 522 g/mol. The lowest BCUT2D eigenvalue weighted by Crippen LogP contribution is -2.44. The Morgan fingerprint density at radius 1 is 1.32 bits per heavy atom. The smallest absolute Gasteiger partial charge is 0.350 e. The predicted molar refractivity (Wildman–Crippen MR) is 139 cm³/mol. The Balaban J connectivity index is 0.00000274. The molecule has 4 heterocycles. The largest absolute Gasteiger partial charge is 0.465 e. The highest BCUT2D eigenvalue weighted by molar-refractivity contribution is 7.13. The molecule has 4 aromatic rings. The lowest BCUT2D eigenvalue weighted by Gasteiger charge is -2.32. The summed E-state index contributed by atoms with van der Waals surface area (Å²) in [4.78, 5) is 33.5. The van der Waals surface area contributed by atoms with Crippen LogP contribution in [0.5, 0.6) is 0 Å². The van der Waals surface area contributed by atoms with Crippen LogP contribution in [0.25, 0.3) is 21.9 Å². The van der Waals surface area contributed by atoms with Gasteiger partial charge in [-0.25, -0.2) is 9.78 Å². The molecule has 0 amide bonds. The van der Waals surface area contributed by atoms with Crippen LogP contribution in [-0.4, -0.2) is 46.3 Å². The zero-order chi connectivity index (χ0) is 23.3. The van der Waals surface area contributed by atoms with Crippen LogP contribution < -0.4 is 16.2 Å². The third kappa shape index (κ3) is 3.96. The number of carbonyl (C=O) groups is 1. The van der Waals surface area contributed by atoms with Gasteiger partial charge in [0.05, 0.1) is 19.2 Å². The molecule has 3 aromatic heterocycles. The van der Waals surface area contributed by atoms with E-state index < -0.39 is 5.97 Å². The molecule has 2 N–H and O–H groups in total. The zero-order valence-corrected chi connectivity index (χ0v) is 21.2. The molecule has 1 atom stereocenters. The maximum absolute atomic E-state index is 13.6. The Kier molecular flexibility index (Phi) is 6.91. The summed E-state index contributed by atoms with van der Waals surface area (Å²) in [6.45, 7) is 1.86.